The molecule has 12 nitrogen and oxygen atoms in total. The number of nitrogens with two attached hydrogens (primary N) is 2. The molecular formula is C19H25N5O7S. The number of nitrogen functional groups attached to an aromatic ring is 2. The second kappa shape index (κ2) is 11.7. The van der Waals surface area contributed by atoms with Crippen molar-refractivity contribution in [3.05, 3.63) is 22.6 Å². The number of aromatic nitrogens is 2. The zero-order valence-electron chi connectivity index (χ0n) is 17.1. The first-order chi connectivity index (χ1) is 15.2. The molecule has 2 aromatic heterocycles. The fourth-order valence-electron chi connectivity index (χ4n) is 2.88. The quantitative estimate of drug-likeness (QED) is 0.247. The number of carbonyl (C=O) groups excluding carboxylic acids is 1. The zero-order valence-corrected chi connectivity index (χ0v) is 17.9. The van der Waals surface area contributed by atoms with Crippen LogP contribution in [0.15, 0.2) is 11.4 Å². The number of nitrogens with one attached hydrogen (secondary N) is 1. The molecule has 0 radical (unpaired) electrons. The number of aromatic hydroxyl groups is 1. The number of rotatable bonds is 12. The van der Waals surface area contributed by atoms with Gasteiger partial charge in [0.05, 0.1) is 5.56 Å². The summed E-state index contributed by atoms with van der Waals surface area (Å²) in [5.74, 6) is -2.61. The standard InChI is InChI=1S/C19H25N5O7S/c20-15-11(16(27)24-18(21)23-15)5-3-1-2-4-10-8-14(32-9-10)31-19(30)22-12(17(28)29)6-7-13(25)26/h8-9,12H,1-7H2,(H,22,30)(H,25,26)(H,28,29)(H5,20,21,23,24,27)/t12-/m0/s1. The van der Waals surface area contributed by atoms with Crippen LogP contribution >= 0.6 is 11.3 Å². The van der Waals surface area contributed by atoms with Crippen LogP contribution in [-0.4, -0.2) is 49.4 Å². The number of carboxylic acids is 2. The van der Waals surface area contributed by atoms with Crippen molar-refractivity contribution in [3.63, 3.8) is 0 Å². The zero-order chi connectivity index (χ0) is 23.7. The molecule has 0 unspecified atom stereocenters. The van der Waals surface area contributed by atoms with Crippen molar-refractivity contribution in [2.24, 2.45) is 0 Å². The highest BCUT2D eigenvalue weighted by molar-refractivity contribution is 7.12. The first-order valence-corrected chi connectivity index (χ1v) is 10.6. The number of carbonyl (C=O) groups is 3. The van der Waals surface area contributed by atoms with Crippen molar-refractivity contribution in [1.82, 2.24) is 15.3 Å². The van der Waals surface area contributed by atoms with E-state index in [9.17, 15) is 19.5 Å². The van der Waals surface area contributed by atoms with E-state index in [1.807, 2.05) is 5.38 Å². The summed E-state index contributed by atoms with van der Waals surface area (Å²) in [5, 5.41) is 31.8. The van der Waals surface area contributed by atoms with Gasteiger partial charge in [0.2, 0.25) is 11.8 Å². The van der Waals surface area contributed by atoms with Crippen molar-refractivity contribution in [1.29, 1.82) is 0 Å². The van der Waals surface area contributed by atoms with Gasteiger partial charge < -0.3 is 36.8 Å². The molecule has 8 N–H and O–H groups in total. The van der Waals surface area contributed by atoms with Gasteiger partial charge >= 0.3 is 18.0 Å². The number of carboxylic acid groups (broad SMARTS) is 2. The summed E-state index contributed by atoms with van der Waals surface area (Å²) in [6, 6.07) is 0.340. The molecule has 0 spiro atoms. The number of aliphatic carboxylic acids is 2. The minimum absolute atomic E-state index is 0.0772. The number of anilines is 2. The summed E-state index contributed by atoms with van der Waals surface area (Å²) in [6.45, 7) is 0. The Morgan fingerprint density at radius 1 is 1.12 bits per heavy atom. The van der Waals surface area contributed by atoms with Gasteiger partial charge in [0.1, 0.15) is 11.9 Å². The molecule has 32 heavy (non-hydrogen) atoms. The maximum atomic E-state index is 11.9. The number of aryl methyl sites for hydroxylation is 1. The van der Waals surface area contributed by atoms with Gasteiger partial charge in [-0.25, -0.2) is 9.59 Å². The SMILES string of the molecule is Nc1nc(N)c(CCCCCc2csc(OC(=O)N[C@@H](CCC(=O)O)C(=O)O)c2)c(O)n1. The van der Waals surface area contributed by atoms with E-state index >= 15 is 0 Å². The lowest BCUT2D eigenvalue weighted by Gasteiger charge is -2.12. The van der Waals surface area contributed by atoms with Gasteiger partial charge in [-0.2, -0.15) is 9.97 Å². The van der Waals surface area contributed by atoms with E-state index in [0.717, 1.165) is 31.2 Å². The molecule has 0 saturated carbocycles. The lowest BCUT2D eigenvalue weighted by atomic mass is 10.1. The smallest absolute Gasteiger partial charge is 0.414 e. The van der Waals surface area contributed by atoms with Gasteiger partial charge in [-0.3, -0.25) is 4.79 Å². The average Bonchev–Trinajstić information content (AvgIpc) is 3.13. The van der Waals surface area contributed by atoms with Crippen molar-refractivity contribution < 1.29 is 34.4 Å². The Morgan fingerprint density at radius 2 is 1.84 bits per heavy atom. The number of nitrogens with zero attached hydrogens (tertiary/aromatic N) is 2. The molecule has 2 aromatic rings. The van der Waals surface area contributed by atoms with E-state index in [4.69, 9.17) is 26.4 Å². The van der Waals surface area contributed by atoms with E-state index in [-0.39, 0.29) is 24.1 Å². The minimum atomic E-state index is -1.35. The second-order valence-electron chi connectivity index (χ2n) is 6.96. The fourth-order valence-corrected chi connectivity index (χ4v) is 3.68. The van der Waals surface area contributed by atoms with E-state index in [1.54, 1.807) is 6.07 Å². The second-order valence-corrected chi connectivity index (χ2v) is 7.83. The van der Waals surface area contributed by atoms with Gasteiger partial charge in [-0.15, -0.1) is 11.3 Å². The van der Waals surface area contributed by atoms with E-state index in [2.05, 4.69) is 15.3 Å². The number of hydrogen-bond acceptors (Lipinski definition) is 10. The number of amides is 1. The average molecular weight is 468 g/mol. The molecule has 0 aliphatic heterocycles. The highest BCUT2D eigenvalue weighted by Gasteiger charge is 2.22. The number of unbranched alkanes of at least 4 members (excludes halogenated alkanes) is 2. The largest absolute Gasteiger partial charge is 0.493 e. The van der Waals surface area contributed by atoms with Gasteiger partial charge in [0.25, 0.3) is 0 Å². The molecule has 0 aliphatic rings. The Bertz CT molecular complexity index is 942. The van der Waals surface area contributed by atoms with E-state index in [0.29, 0.717) is 17.0 Å². The molecule has 0 aliphatic carbocycles. The summed E-state index contributed by atoms with van der Waals surface area (Å²) in [6.07, 6.45) is 2.10. The molecule has 13 heteroatoms. The Labute approximate surface area is 187 Å². The molecule has 1 amide bonds. The van der Waals surface area contributed by atoms with Crippen molar-refractivity contribution in [2.45, 2.75) is 51.0 Å². The molecular weight excluding hydrogens is 442 g/mol. The third-order valence-corrected chi connectivity index (χ3v) is 5.34. The van der Waals surface area contributed by atoms with E-state index < -0.39 is 30.5 Å². The van der Waals surface area contributed by atoms with Crippen LogP contribution in [0.2, 0.25) is 0 Å². The number of ether oxygens (including phenoxy) is 1. The molecule has 2 rings (SSSR count). The lowest BCUT2D eigenvalue weighted by molar-refractivity contribution is -0.140. The molecule has 0 fully saturated rings. The Balaban J connectivity index is 1.74. The normalized spacial score (nSPS) is 11.6. The number of thiophene rings is 1. The summed E-state index contributed by atoms with van der Waals surface area (Å²) in [4.78, 5) is 41.1. The highest BCUT2D eigenvalue weighted by Crippen LogP contribution is 2.26. The van der Waals surface area contributed by atoms with Crippen LogP contribution in [0.25, 0.3) is 0 Å². The monoisotopic (exact) mass is 467 g/mol. The first kappa shape index (κ1) is 24.7. The topological polar surface area (TPSA) is 211 Å². The molecule has 174 valence electrons. The molecule has 0 aromatic carbocycles. The van der Waals surface area contributed by atoms with Gasteiger partial charge in [-0.05, 0) is 49.1 Å². The van der Waals surface area contributed by atoms with Crippen molar-refractivity contribution in [3.8, 4) is 10.9 Å². The van der Waals surface area contributed by atoms with Crippen LogP contribution in [0.1, 0.15) is 43.2 Å². The summed E-state index contributed by atoms with van der Waals surface area (Å²) in [7, 11) is 0. The first-order valence-electron chi connectivity index (χ1n) is 9.77. The summed E-state index contributed by atoms with van der Waals surface area (Å²) >= 11 is 1.19. The molecule has 1 atom stereocenters. The van der Waals surface area contributed by atoms with Crippen LogP contribution in [0.5, 0.6) is 10.9 Å². The van der Waals surface area contributed by atoms with Gasteiger partial charge in [-0.1, -0.05) is 6.42 Å². The molecule has 0 bridgehead atoms. The van der Waals surface area contributed by atoms with Gasteiger partial charge in [0, 0.05) is 6.42 Å². The fraction of sp³-hybridized carbons (Fsp3) is 0.421. The molecule has 0 saturated heterocycles. The predicted octanol–water partition coefficient (Wildman–Crippen LogP) is 1.77. The van der Waals surface area contributed by atoms with Crippen LogP contribution in [-0.2, 0) is 22.4 Å². The highest BCUT2D eigenvalue weighted by atomic mass is 32.1. The summed E-state index contributed by atoms with van der Waals surface area (Å²) < 4.78 is 5.10. The summed E-state index contributed by atoms with van der Waals surface area (Å²) in [5.41, 5.74) is 12.6. The molecule has 2 heterocycles. The predicted molar refractivity (Wildman–Crippen MR) is 116 cm³/mol. The van der Waals surface area contributed by atoms with Crippen molar-refractivity contribution >= 4 is 41.1 Å². The van der Waals surface area contributed by atoms with Crippen LogP contribution in [0.3, 0.4) is 0 Å². The Kier molecular flexibility index (Phi) is 9.01. The van der Waals surface area contributed by atoms with Crippen LogP contribution < -0.4 is 21.5 Å². The van der Waals surface area contributed by atoms with Gasteiger partial charge in [0.15, 0.2) is 5.06 Å². The number of hydrogen-bond donors (Lipinski definition) is 6. The lowest BCUT2D eigenvalue weighted by Crippen LogP contribution is -2.42. The maximum absolute atomic E-state index is 11.9. The third kappa shape index (κ3) is 7.91. The van der Waals surface area contributed by atoms with E-state index in [1.165, 1.54) is 11.3 Å². The maximum Gasteiger partial charge on any atom is 0.414 e. The van der Waals surface area contributed by atoms with Crippen LogP contribution in [0.4, 0.5) is 16.6 Å². The Hall–Kier alpha value is -3.61. The van der Waals surface area contributed by atoms with Crippen molar-refractivity contribution in [2.75, 3.05) is 11.5 Å². The Morgan fingerprint density at radius 3 is 2.50 bits per heavy atom. The minimum Gasteiger partial charge on any atom is -0.493 e. The van der Waals surface area contributed by atoms with Crippen LogP contribution in [0, 0.1) is 0 Å². The third-order valence-electron chi connectivity index (χ3n) is 4.49.